The fourth-order valence-electron chi connectivity index (χ4n) is 2.60. The minimum Gasteiger partial charge on any atom is -0.383 e. The summed E-state index contributed by atoms with van der Waals surface area (Å²) in [6, 6.07) is 9.12. The zero-order valence-corrected chi connectivity index (χ0v) is 13.9. The number of hydrogen-bond donors (Lipinski definition) is 2. The number of ether oxygens (including phenoxy) is 1. The first kappa shape index (κ1) is 18.2. The Morgan fingerprint density at radius 3 is 2.50 bits per heavy atom. The van der Waals surface area contributed by atoms with Gasteiger partial charge in [-0.3, -0.25) is 4.79 Å². The smallest absolute Gasteiger partial charge is 0.317 e. The predicted molar refractivity (Wildman–Crippen MR) is 88.2 cm³/mol. The summed E-state index contributed by atoms with van der Waals surface area (Å²) in [6.45, 7) is 1.56. The molecule has 1 saturated heterocycles. The molecule has 24 heavy (non-hydrogen) atoms. The van der Waals surface area contributed by atoms with E-state index in [2.05, 4.69) is 10.6 Å². The van der Waals surface area contributed by atoms with Gasteiger partial charge in [-0.05, 0) is 5.56 Å². The summed E-state index contributed by atoms with van der Waals surface area (Å²) in [7, 11) is 1.55. The van der Waals surface area contributed by atoms with Gasteiger partial charge in [0, 0.05) is 46.1 Å². The summed E-state index contributed by atoms with van der Waals surface area (Å²) >= 11 is 0. The van der Waals surface area contributed by atoms with Gasteiger partial charge in [-0.15, -0.1) is 0 Å². The number of likely N-dealkylation sites (tertiary alicyclic amines) is 1. The average molecular weight is 337 g/mol. The summed E-state index contributed by atoms with van der Waals surface area (Å²) in [4.78, 5) is 25.6. The van der Waals surface area contributed by atoms with Crippen molar-refractivity contribution in [1.82, 2.24) is 15.5 Å². The Bertz CT molecular complexity index is 545. The molecule has 1 aliphatic heterocycles. The molecule has 0 saturated carbocycles. The van der Waals surface area contributed by atoms with E-state index in [1.807, 2.05) is 30.3 Å². The second kappa shape index (κ2) is 8.63. The van der Waals surface area contributed by atoms with Crippen LogP contribution in [0.2, 0.25) is 0 Å². The molecule has 0 aliphatic carbocycles. The molecule has 0 atom stereocenters. The highest BCUT2D eigenvalue weighted by Gasteiger charge is 2.42. The number of rotatable bonds is 6. The molecule has 132 valence electrons. The average Bonchev–Trinajstić information content (AvgIpc) is 2.61. The number of amides is 3. The zero-order valence-electron chi connectivity index (χ0n) is 13.9. The van der Waals surface area contributed by atoms with E-state index in [1.54, 1.807) is 7.11 Å². The van der Waals surface area contributed by atoms with Gasteiger partial charge in [0.2, 0.25) is 0 Å². The minimum absolute atomic E-state index is 0.00528. The van der Waals surface area contributed by atoms with Crippen LogP contribution in [-0.4, -0.2) is 55.9 Å². The fraction of sp³-hybridized carbons (Fsp3) is 0.529. The number of nitrogens with one attached hydrogen (secondary N) is 2. The second-order valence-electron chi connectivity index (χ2n) is 5.85. The van der Waals surface area contributed by atoms with Gasteiger partial charge in [0.25, 0.3) is 5.91 Å². The molecule has 2 N–H and O–H groups in total. The SMILES string of the molecule is COCCNC(=O)N1CCC(F)(C(=O)NCc2ccccc2)CC1. The van der Waals surface area contributed by atoms with Crippen molar-refractivity contribution in [1.29, 1.82) is 0 Å². The largest absolute Gasteiger partial charge is 0.383 e. The topological polar surface area (TPSA) is 70.7 Å². The Balaban J connectivity index is 1.78. The quantitative estimate of drug-likeness (QED) is 0.772. The summed E-state index contributed by atoms with van der Waals surface area (Å²) in [5.41, 5.74) is -0.998. The predicted octanol–water partition coefficient (Wildman–Crippen LogP) is 1.46. The third kappa shape index (κ3) is 4.92. The van der Waals surface area contributed by atoms with Crippen LogP contribution in [0.3, 0.4) is 0 Å². The van der Waals surface area contributed by atoms with Gasteiger partial charge in [-0.1, -0.05) is 30.3 Å². The molecule has 0 aromatic heterocycles. The van der Waals surface area contributed by atoms with Crippen LogP contribution in [0.25, 0.3) is 0 Å². The number of methoxy groups -OCH3 is 1. The van der Waals surface area contributed by atoms with Gasteiger partial charge in [-0.25, -0.2) is 9.18 Å². The van der Waals surface area contributed by atoms with Gasteiger partial charge in [0.15, 0.2) is 5.67 Å². The van der Waals surface area contributed by atoms with Crippen molar-refractivity contribution < 1.29 is 18.7 Å². The van der Waals surface area contributed by atoms with E-state index in [1.165, 1.54) is 4.90 Å². The third-order valence-electron chi connectivity index (χ3n) is 4.13. The Hall–Kier alpha value is -2.15. The number of hydrogen-bond acceptors (Lipinski definition) is 3. The Morgan fingerprint density at radius 2 is 1.88 bits per heavy atom. The van der Waals surface area contributed by atoms with E-state index in [0.717, 1.165) is 5.56 Å². The highest BCUT2D eigenvalue weighted by atomic mass is 19.1. The van der Waals surface area contributed by atoms with E-state index < -0.39 is 11.6 Å². The van der Waals surface area contributed by atoms with Crippen LogP contribution in [-0.2, 0) is 16.1 Å². The van der Waals surface area contributed by atoms with Crippen molar-refractivity contribution in [3.8, 4) is 0 Å². The molecule has 1 aromatic rings. The summed E-state index contributed by atoms with van der Waals surface area (Å²) in [5, 5.41) is 5.34. The summed E-state index contributed by atoms with van der Waals surface area (Å²) < 4.78 is 19.7. The Labute approximate surface area is 141 Å². The first-order chi connectivity index (χ1) is 11.5. The number of benzene rings is 1. The highest BCUT2D eigenvalue weighted by molar-refractivity contribution is 5.85. The molecule has 0 radical (unpaired) electrons. The number of halogens is 1. The molecule has 3 amide bonds. The molecule has 0 spiro atoms. The van der Waals surface area contributed by atoms with E-state index in [9.17, 15) is 14.0 Å². The molecule has 1 aromatic carbocycles. The lowest BCUT2D eigenvalue weighted by Crippen LogP contribution is -2.54. The number of carbonyl (C=O) groups excluding carboxylic acids is 2. The van der Waals surface area contributed by atoms with Crippen molar-refractivity contribution >= 4 is 11.9 Å². The zero-order chi connectivity index (χ0) is 17.4. The van der Waals surface area contributed by atoms with E-state index in [-0.39, 0.29) is 32.0 Å². The van der Waals surface area contributed by atoms with E-state index in [0.29, 0.717) is 19.7 Å². The normalized spacial score (nSPS) is 16.5. The van der Waals surface area contributed by atoms with E-state index >= 15 is 0 Å². The first-order valence-corrected chi connectivity index (χ1v) is 8.08. The number of alkyl halides is 1. The van der Waals surface area contributed by atoms with Crippen molar-refractivity contribution in [2.45, 2.75) is 25.1 Å². The lowest BCUT2D eigenvalue weighted by Gasteiger charge is -2.35. The van der Waals surface area contributed by atoms with Gasteiger partial charge in [0.05, 0.1) is 6.61 Å². The number of nitrogens with zero attached hydrogens (tertiary/aromatic N) is 1. The van der Waals surface area contributed by atoms with Crippen LogP contribution in [0, 0.1) is 0 Å². The maximum atomic E-state index is 14.8. The molecule has 6 nitrogen and oxygen atoms in total. The van der Waals surface area contributed by atoms with Crippen LogP contribution >= 0.6 is 0 Å². The molecule has 1 aliphatic rings. The lowest BCUT2D eigenvalue weighted by molar-refractivity contribution is -0.135. The summed E-state index contributed by atoms with van der Waals surface area (Å²) in [5.74, 6) is -0.606. The van der Waals surface area contributed by atoms with Crippen molar-refractivity contribution in [3.05, 3.63) is 35.9 Å². The maximum Gasteiger partial charge on any atom is 0.317 e. The number of carbonyl (C=O) groups is 2. The van der Waals surface area contributed by atoms with E-state index in [4.69, 9.17) is 4.74 Å². The van der Waals surface area contributed by atoms with Crippen LogP contribution in [0.5, 0.6) is 0 Å². The van der Waals surface area contributed by atoms with Crippen molar-refractivity contribution in [2.24, 2.45) is 0 Å². The molecule has 0 bridgehead atoms. The molecule has 7 heteroatoms. The van der Waals surface area contributed by atoms with Crippen molar-refractivity contribution in [3.63, 3.8) is 0 Å². The van der Waals surface area contributed by atoms with Gasteiger partial charge < -0.3 is 20.3 Å². The standard InChI is InChI=1S/C17H24FN3O3/c1-24-12-9-19-16(23)21-10-7-17(18,8-11-21)15(22)20-13-14-5-3-2-4-6-14/h2-6H,7-13H2,1H3,(H,19,23)(H,20,22). The first-order valence-electron chi connectivity index (χ1n) is 8.08. The molecule has 0 unspecified atom stereocenters. The fourth-order valence-corrected chi connectivity index (χ4v) is 2.60. The van der Waals surface area contributed by atoms with Gasteiger partial charge in [-0.2, -0.15) is 0 Å². The van der Waals surface area contributed by atoms with Crippen molar-refractivity contribution in [2.75, 3.05) is 33.4 Å². The highest BCUT2D eigenvalue weighted by Crippen LogP contribution is 2.27. The second-order valence-corrected chi connectivity index (χ2v) is 5.85. The van der Waals surface area contributed by atoms with Crippen LogP contribution in [0.4, 0.5) is 9.18 Å². The van der Waals surface area contributed by atoms with Gasteiger partial charge >= 0.3 is 6.03 Å². The van der Waals surface area contributed by atoms with Crippen LogP contribution < -0.4 is 10.6 Å². The molecule has 1 heterocycles. The molecular weight excluding hydrogens is 313 g/mol. The van der Waals surface area contributed by atoms with Crippen LogP contribution in [0.1, 0.15) is 18.4 Å². The molecular formula is C17H24FN3O3. The monoisotopic (exact) mass is 337 g/mol. The minimum atomic E-state index is -1.92. The summed E-state index contributed by atoms with van der Waals surface area (Å²) in [6.07, 6.45) is 0.0106. The number of piperidine rings is 1. The number of urea groups is 1. The van der Waals surface area contributed by atoms with Gasteiger partial charge in [0.1, 0.15) is 0 Å². The Morgan fingerprint density at radius 1 is 1.21 bits per heavy atom. The van der Waals surface area contributed by atoms with Crippen LogP contribution in [0.15, 0.2) is 30.3 Å². The third-order valence-corrected chi connectivity index (χ3v) is 4.13. The maximum absolute atomic E-state index is 14.8. The Kier molecular flexibility index (Phi) is 6.54. The molecule has 1 fully saturated rings. The lowest BCUT2D eigenvalue weighted by atomic mass is 9.92. The molecule has 2 rings (SSSR count).